The van der Waals surface area contributed by atoms with E-state index in [2.05, 4.69) is 25.2 Å². The number of hydrogen-bond donors (Lipinski definition) is 2. The second-order valence-corrected chi connectivity index (χ2v) is 11.2. The number of fused-ring (bicyclic) bond motifs is 1. The number of carboxylic acids is 1. The van der Waals surface area contributed by atoms with Crippen molar-refractivity contribution in [3.63, 3.8) is 0 Å². The molecule has 0 unspecified atom stereocenters. The number of carboxylic acid groups (broad SMARTS) is 1. The smallest absolute Gasteiger partial charge is 0.337 e. The molecule has 5 heterocycles. The summed E-state index contributed by atoms with van der Waals surface area (Å²) in [4.78, 5) is 56.2. The Bertz CT molecular complexity index is 1520. The fourth-order valence-electron chi connectivity index (χ4n) is 5.02. The Hall–Kier alpha value is -4.14. The van der Waals surface area contributed by atoms with Crippen LogP contribution in [0.5, 0.6) is 0 Å². The predicted octanol–water partition coefficient (Wildman–Crippen LogP) is 2.37. The third-order valence-corrected chi connectivity index (χ3v) is 8.71. The molecule has 6 rings (SSSR count). The van der Waals surface area contributed by atoms with Gasteiger partial charge in [0.15, 0.2) is 16.0 Å². The first-order chi connectivity index (χ1) is 19.4. The SMILES string of the molecule is COC(=O)C1=C(CN2CCN3C(=O)N(c4nc(-c5ccc(C(=O)O)cc5)cs4)C[C@@H]3C2)NC(c2nccs2)=NC1. The van der Waals surface area contributed by atoms with Crippen LogP contribution in [-0.2, 0) is 9.53 Å². The van der Waals surface area contributed by atoms with Gasteiger partial charge >= 0.3 is 18.0 Å². The van der Waals surface area contributed by atoms with Crippen LogP contribution in [0.1, 0.15) is 15.4 Å². The summed E-state index contributed by atoms with van der Waals surface area (Å²) in [6.45, 7) is 3.05. The van der Waals surface area contributed by atoms with Gasteiger partial charge in [0.1, 0.15) is 0 Å². The standard InChI is InChI=1S/C26H25N7O5S2/c1-38-24(36)18-10-28-21(22-27-6-9-39-22)29-19(18)13-31-7-8-32-17(11-31)12-33(26(32)37)25-30-20(14-40-25)15-2-4-16(5-3-15)23(34)35/h2-6,9,14,17H,7-8,10-13H2,1H3,(H,28,29)(H,34,35)/t17-/m0/s1. The number of urea groups is 1. The molecule has 2 aromatic heterocycles. The molecule has 3 aliphatic rings. The zero-order valence-corrected chi connectivity index (χ0v) is 23.1. The quantitative estimate of drug-likeness (QED) is 0.404. The maximum atomic E-state index is 13.3. The molecular weight excluding hydrogens is 554 g/mol. The summed E-state index contributed by atoms with van der Waals surface area (Å²) in [6, 6.07) is 6.42. The van der Waals surface area contributed by atoms with Gasteiger partial charge in [0.05, 0.1) is 43.1 Å². The van der Waals surface area contributed by atoms with Crippen molar-refractivity contribution in [1.29, 1.82) is 0 Å². The maximum absolute atomic E-state index is 13.3. The van der Waals surface area contributed by atoms with E-state index in [1.165, 1.54) is 29.8 Å². The second kappa shape index (κ2) is 10.8. The Labute approximate surface area is 237 Å². The number of amides is 2. The minimum Gasteiger partial charge on any atom is -0.478 e. The van der Waals surface area contributed by atoms with E-state index in [4.69, 9.17) is 9.84 Å². The average Bonchev–Trinajstić information content (AvgIpc) is 3.74. The highest BCUT2D eigenvalue weighted by Gasteiger charge is 2.42. The van der Waals surface area contributed by atoms with Crippen molar-refractivity contribution in [3.8, 4) is 11.3 Å². The number of thiazole rings is 2. The fraction of sp³-hybridized carbons (Fsp3) is 0.308. The third-order valence-electron chi connectivity index (χ3n) is 7.06. The lowest BCUT2D eigenvalue weighted by Gasteiger charge is -2.37. The van der Waals surface area contributed by atoms with Gasteiger partial charge in [0, 0.05) is 54.4 Å². The van der Waals surface area contributed by atoms with Crippen LogP contribution in [0.4, 0.5) is 9.93 Å². The molecule has 14 heteroatoms. The minimum absolute atomic E-state index is 0.0266. The van der Waals surface area contributed by atoms with Gasteiger partial charge in [-0.2, -0.15) is 0 Å². The first-order valence-corrected chi connectivity index (χ1v) is 14.3. The van der Waals surface area contributed by atoms with Gasteiger partial charge in [-0.1, -0.05) is 12.1 Å². The number of anilines is 1. The predicted molar refractivity (Wildman–Crippen MR) is 150 cm³/mol. The molecule has 12 nitrogen and oxygen atoms in total. The van der Waals surface area contributed by atoms with Gasteiger partial charge in [0.25, 0.3) is 0 Å². The number of ether oxygens (including phenoxy) is 1. The van der Waals surface area contributed by atoms with Crippen molar-refractivity contribution in [2.24, 2.45) is 4.99 Å². The first kappa shape index (κ1) is 26.1. The van der Waals surface area contributed by atoms with E-state index in [9.17, 15) is 14.4 Å². The monoisotopic (exact) mass is 579 g/mol. The van der Waals surface area contributed by atoms with Gasteiger partial charge < -0.3 is 20.1 Å². The average molecular weight is 580 g/mol. The zero-order valence-electron chi connectivity index (χ0n) is 21.4. The van der Waals surface area contributed by atoms with Crippen LogP contribution in [0.15, 0.2) is 57.5 Å². The van der Waals surface area contributed by atoms with Crippen LogP contribution in [-0.4, -0.2) is 101 Å². The molecule has 0 bridgehead atoms. The highest BCUT2D eigenvalue weighted by Crippen LogP contribution is 2.32. The summed E-state index contributed by atoms with van der Waals surface area (Å²) in [5.74, 6) is -0.762. The number of methoxy groups -OCH3 is 1. The van der Waals surface area contributed by atoms with Crippen LogP contribution in [0.3, 0.4) is 0 Å². The summed E-state index contributed by atoms with van der Waals surface area (Å²) in [5.41, 5.74) is 2.92. The molecule has 0 spiro atoms. The van der Waals surface area contributed by atoms with E-state index < -0.39 is 11.9 Å². The molecule has 1 atom stereocenters. The Morgan fingerprint density at radius 3 is 2.73 bits per heavy atom. The highest BCUT2D eigenvalue weighted by molar-refractivity contribution is 7.14. The number of rotatable bonds is 7. The molecule has 2 saturated heterocycles. The number of hydrogen-bond acceptors (Lipinski definition) is 11. The Morgan fingerprint density at radius 2 is 2.00 bits per heavy atom. The van der Waals surface area contributed by atoms with E-state index in [0.29, 0.717) is 55.0 Å². The van der Waals surface area contributed by atoms with Crippen molar-refractivity contribution >= 4 is 51.6 Å². The topological polar surface area (TPSA) is 141 Å². The number of aromatic nitrogens is 2. The fourth-order valence-corrected chi connectivity index (χ4v) is 6.46. The number of nitrogens with one attached hydrogen (secondary N) is 1. The molecule has 1 aromatic carbocycles. The number of aromatic carboxylic acids is 1. The van der Waals surface area contributed by atoms with Crippen molar-refractivity contribution in [3.05, 3.63) is 63.1 Å². The van der Waals surface area contributed by atoms with Crippen molar-refractivity contribution in [2.75, 3.05) is 51.3 Å². The number of carbonyl (C=O) groups excluding carboxylic acids is 2. The Balaban J connectivity index is 1.14. The van der Waals surface area contributed by atoms with Gasteiger partial charge in [0.2, 0.25) is 0 Å². The second-order valence-electron chi connectivity index (χ2n) is 9.45. The van der Waals surface area contributed by atoms with Crippen LogP contribution >= 0.6 is 22.7 Å². The normalized spacial score (nSPS) is 19.4. The van der Waals surface area contributed by atoms with Gasteiger partial charge in [-0.25, -0.2) is 24.4 Å². The molecule has 0 aliphatic carbocycles. The van der Waals surface area contributed by atoms with E-state index >= 15 is 0 Å². The molecule has 2 fully saturated rings. The molecule has 3 aliphatic heterocycles. The van der Waals surface area contributed by atoms with Crippen LogP contribution in [0, 0.1) is 0 Å². The molecule has 2 amide bonds. The number of aliphatic imine (C=N–C) groups is 1. The Morgan fingerprint density at radius 1 is 1.18 bits per heavy atom. The van der Waals surface area contributed by atoms with E-state index in [1.807, 2.05) is 15.7 Å². The van der Waals surface area contributed by atoms with E-state index in [-0.39, 0.29) is 24.2 Å². The molecule has 3 aromatic rings. The molecule has 0 saturated carbocycles. The molecule has 2 N–H and O–H groups in total. The van der Waals surface area contributed by atoms with Crippen LogP contribution in [0.25, 0.3) is 11.3 Å². The number of nitrogens with zero attached hydrogens (tertiary/aromatic N) is 6. The highest BCUT2D eigenvalue weighted by atomic mass is 32.1. The number of esters is 1. The summed E-state index contributed by atoms with van der Waals surface area (Å²) in [6.07, 6.45) is 1.71. The van der Waals surface area contributed by atoms with Gasteiger partial charge in [-0.3, -0.25) is 14.8 Å². The number of amidine groups is 1. The molecule has 0 radical (unpaired) electrons. The number of benzene rings is 1. The van der Waals surface area contributed by atoms with Crippen molar-refractivity contribution in [1.82, 2.24) is 25.1 Å². The lowest BCUT2D eigenvalue weighted by atomic mass is 10.1. The van der Waals surface area contributed by atoms with Gasteiger partial charge in [-0.15, -0.1) is 22.7 Å². The van der Waals surface area contributed by atoms with E-state index in [0.717, 1.165) is 16.3 Å². The lowest BCUT2D eigenvalue weighted by Crippen LogP contribution is -2.53. The van der Waals surface area contributed by atoms with Crippen LogP contribution < -0.4 is 10.2 Å². The lowest BCUT2D eigenvalue weighted by molar-refractivity contribution is -0.136. The largest absolute Gasteiger partial charge is 0.478 e. The Kier molecular flexibility index (Phi) is 7.04. The first-order valence-electron chi connectivity index (χ1n) is 12.5. The number of carbonyl (C=O) groups is 3. The van der Waals surface area contributed by atoms with Crippen molar-refractivity contribution < 1.29 is 24.2 Å². The minimum atomic E-state index is -0.982. The maximum Gasteiger partial charge on any atom is 0.337 e. The summed E-state index contributed by atoms with van der Waals surface area (Å²) >= 11 is 2.86. The third kappa shape index (κ3) is 4.96. The summed E-state index contributed by atoms with van der Waals surface area (Å²) in [5, 5.41) is 17.6. The van der Waals surface area contributed by atoms with Crippen LogP contribution in [0.2, 0.25) is 0 Å². The zero-order chi connectivity index (χ0) is 27.8. The molecule has 206 valence electrons. The molecular formula is C26H25N7O5S2. The van der Waals surface area contributed by atoms with Gasteiger partial charge in [-0.05, 0) is 12.1 Å². The van der Waals surface area contributed by atoms with E-state index in [1.54, 1.807) is 35.4 Å². The summed E-state index contributed by atoms with van der Waals surface area (Å²) < 4.78 is 5.00. The van der Waals surface area contributed by atoms with Crippen molar-refractivity contribution in [2.45, 2.75) is 6.04 Å². The summed E-state index contributed by atoms with van der Waals surface area (Å²) in [7, 11) is 1.36. The number of piperazine rings is 1. The molecule has 40 heavy (non-hydrogen) atoms.